The zero-order valence-electron chi connectivity index (χ0n) is 28.5. The van der Waals surface area contributed by atoms with Crippen molar-refractivity contribution in [3.63, 3.8) is 0 Å². The van der Waals surface area contributed by atoms with Crippen molar-refractivity contribution in [3.05, 3.63) is 81.6 Å². The summed E-state index contributed by atoms with van der Waals surface area (Å²) in [6, 6.07) is 3.59. The first kappa shape index (κ1) is 36.3. The van der Waals surface area contributed by atoms with E-state index >= 15 is 0 Å². The maximum absolute atomic E-state index is 13.1. The Morgan fingerprint density at radius 3 is 1.64 bits per heavy atom. The highest BCUT2D eigenvalue weighted by atomic mass is 35.5. The molecule has 0 bridgehead atoms. The van der Waals surface area contributed by atoms with Crippen LogP contribution >= 0.6 is 34.8 Å². The van der Waals surface area contributed by atoms with Crippen LogP contribution in [0.1, 0.15) is 60.8 Å². The van der Waals surface area contributed by atoms with E-state index in [9.17, 15) is 16.8 Å². The predicted octanol–water partition coefficient (Wildman–Crippen LogP) is 4.43. The average Bonchev–Trinajstić information content (AvgIpc) is 3.99. The van der Waals surface area contributed by atoms with Gasteiger partial charge in [-0.15, -0.1) is 0 Å². The van der Waals surface area contributed by atoms with Crippen molar-refractivity contribution in [2.45, 2.75) is 66.7 Å². The van der Waals surface area contributed by atoms with Gasteiger partial charge in [-0.2, -0.15) is 29.0 Å². The molecule has 0 spiro atoms. The standard InChI is InChI=1S/C17H19ClN6O2S.C15H16Cl2N6O2S/c18-14-8-17-19-11-21-24(17)10-13(14)12-3-6-22(7-4-12)27(25,26)16-9-20-23-5-1-2-15(16)23;1-21-15(17)13(7-19-21)26(24,25)22-4-2-10(3-5-22)11-8-23-14(6-12(11)16)18-9-20-23/h8-12H,1-7H2;6-10H,2-5H2,1H3. The number of pyridine rings is 2. The van der Waals surface area contributed by atoms with Crippen LogP contribution in [-0.4, -0.2) is 100 Å². The molecule has 3 aliphatic rings. The molecule has 53 heavy (non-hydrogen) atoms. The second-order valence-electron chi connectivity index (χ2n) is 13.3. The Hall–Kier alpha value is -3.65. The van der Waals surface area contributed by atoms with Crippen molar-refractivity contribution in [3.8, 4) is 0 Å². The molecule has 9 heterocycles. The lowest BCUT2D eigenvalue weighted by molar-refractivity contribution is 0.319. The van der Waals surface area contributed by atoms with E-state index < -0.39 is 20.0 Å². The summed E-state index contributed by atoms with van der Waals surface area (Å²) < 4.78 is 61.4. The van der Waals surface area contributed by atoms with Crippen LogP contribution in [0.3, 0.4) is 0 Å². The van der Waals surface area contributed by atoms with Gasteiger partial charge in [0.05, 0.1) is 18.1 Å². The van der Waals surface area contributed by atoms with Crippen LogP contribution < -0.4 is 0 Å². The van der Waals surface area contributed by atoms with E-state index in [1.807, 2.05) is 23.1 Å². The van der Waals surface area contributed by atoms with Crippen LogP contribution in [0.4, 0.5) is 0 Å². The first-order valence-corrected chi connectivity index (χ1v) is 21.1. The van der Waals surface area contributed by atoms with E-state index in [0.29, 0.717) is 65.3 Å². The number of piperidine rings is 2. The van der Waals surface area contributed by atoms with Crippen molar-refractivity contribution in [1.29, 1.82) is 0 Å². The summed E-state index contributed by atoms with van der Waals surface area (Å²) in [4.78, 5) is 8.67. The topological polar surface area (TPSA) is 171 Å². The Morgan fingerprint density at radius 2 is 1.15 bits per heavy atom. The van der Waals surface area contributed by atoms with Gasteiger partial charge in [0.15, 0.2) is 11.3 Å². The molecule has 0 unspecified atom stereocenters. The molecule has 9 rings (SSSR count). The molecule has 0 N–H and O–H groups in total. The molecule has 2 saturated heterocycles. The maximum Gasteiger partial charge on any atom is 0.247 e. The molecule has 0 saturated carbocycles. The van der Waals surface area contributed by atoms with Crippen LogP contribution in [0.2, 0.25) is 15.2 Å². The summed E-state index contributed by atoms with van der Waals surface area (Å²) in [6.07, 6.45) is 14.1. The van der Waals surface area contributed by atoms with Gasteiger partial charge >= 0.3 is 0 Å². The zero-order valence-corrected chi connectivity index (χ0v) is 32.4. The molecule has 0 atom stereocenters. The number of halogens is 3. The predicted molar refractivity (Wildman–Crippen MR) is 196 cm³/mol. The smallest absolute Gasteiger partial charge is 0.247 e. The van der Waals surface area contributed by atoms with Crippen molar-refractivity contribution in [2.24, 2.45) is 7.05 Å². The third kappa shape index (κ3) is 6.72. The van der Waals surface area contributed by atoms with Gasteiger partial charge in [-0.3, -0.25) is 9.36 Å². The van der Waals surface area contributed by atoms with Gasteiger partial charge in [-0.25, -0.2) is 35.8 Å². The molecule has 6 aromatic rings. The summed E-state index contributed by atoms with van der Waals surface area (Å²) >= 11 is 18.9. The van der Waals surface area contributed by atoms with Crippen LogP contribution in [0.5, 0.6) is 0 Å². The number of fused-ring (bicyclic) bond motifs is 3. The molecule has 0 aliphatic carbocycles. The highest BCUT2D eigenvalue weighted by molar-refractivity contribution is 7.89. The molecular weight excluding hydrogens is 787 g/mol. The fraction of sp³-hybridized carbons (Fsp3) is 0.438. The van der Waals surface area contributed by atoms with Crippen LogP contribution in [0, 0.1) is 0 Å². The fourth-order valence-corrected chi connectivity index (χ4v) is 11.6. The van der Waals surface area contributed by atoms with E-state index in [2.05, 4.69) is 30.4 Å². The van der Waals surface area contributed by atoms with E-state index in [0.717, 1.165) is 49.0 Å². The van der Waals surface area contributed by atoms with E-state index in [-0.39, 0.29) is 21.9 Å². The maximum atomic E-state index is 13.1. The molecule has 16 nitrogen and oxygen atoms in total. The number of sulfonamides is 2. The van der Waals surface area contributed by atoms with Gasteiger partial charge in [0.25, 0.3) is 0 Å². The number of aryl methyl sites for hydroxylation is 2. The van der Waals surface area contributed by atoms with Gasteiger partial charge in [0.2, 0.25) is 20.0 Å². The Morgan fingerprint density at radius 1 is 0.660 bits per heavy atom. The molecule has 280 valence electrons. The summed E-state index contributed by atoms with van der Waals surface area (Å²) in [5.41, 5.74) is 4.19. The first-order valence-electron chi connectivity index (χ1n) is 17.1. The van der Waals surface area contributed by atoms with Crippen molar-refractivity contribution >= 4 is 66.1 Å². The second kappa shape index (κ2) is 14.2. The Bertz CT molecular complexity index is 2530. The van der Waals surface area contributed by atoms with Gasteiger partial charge in [-0.1, -0.05) is 34.8 Å². The van der Waals surface area contributed by atoms with Gasteiger partial charge in [0.1, 0.15) is 27.6 Å². The molecule has 0 amide bonds. The van der Waals surface area contributed by atoms with Crippen LogP contribution in [0.25, 0.3) is 11.3 Å². The van der Waals surface area contributed by atoms with Crippen LogP contribution in [0.15, 0.2) is 59.4 Å². The highest BCUT2D eigenvalue weighted by Crippen LogP contribution is 2.37. The number of rotatable bonds is 6. The lowest BCUT2D eigenvalue weighted by Gasteiger charge is -2.31. The molecule has 2 fully saturated rings. The number of hydrogen-bond donors (Lipinski definition) is 0. The monoisotopic (exact) mass is 820 g/mol. The highest BCUT2D eigenvalue weighted by Gasteiger charge is 2.36. The number of nitrogens with zero attached hydrogens (tertiary/aromatic N) is 12. The van der Waals surface area contributed by atoms with Gasteiger partial charge < -0.3 is 0 Å². The zero-order chi connectivity index (χ0) is 37.1. The minimum absolute atomic E-state index is 0.0437. The van der Waals surface area contributed by atoms with Gasteiger partial charge in [0, 0.05) is 74.3 Å². The molecular formula is C32H35Cl3N12O4S2. The van der Waals surface area contributed by atoms with Gasteiger partial charge in [-0.05, 0) is 61.5 Å². The lowest BCUT2D eigenvalue weighted by atomic mass is 9.91. The van der Waals surface area contributed by atoms with Crippen molar-refractivity contribution in [2.75, 3.05) is 26.2 Å². The first-order chi connectivity index (χ1) is 25.4. The summed E-state index contributed by atoms with van der Waals surface area (Å²) in [5.74, 6) is 0.363. The molecule has 21 heteroatoms. The summed E-state index contributed by atoms with van der Waals surface area (Å²) in [7, 11) is -5.54. The van der Waals surface area contributed by atoms with E-state index in [1.165, 1.54) is 34.0 Å². The minimum Gasteiger partial charge on any atom is -0.268 e. The molecule has 0 aromatic carbocycles. The molecule has 0 radical (unpaired) electrons. The fourth-order valence-electron chi connectivity index (χ4n) is 7.42. The third-order valence-corrected chi connectivity index (χ3v) is 15.4. The van der Waals surface area contributed by atoms with E-state index in [1.54, 1.807) is 26.5 Å². The molecule has 3 aliphatic heterocycles. The molecule has 6 aromatic heterocycles. The Labute approximate surface area is 320 Å². The average molecular weight is 822 g/mol. The normalized spacial score (nSPS) is 18.1. The minimum atomic E-state index is -3.66. The SMILES string of the molecule is Cn1ncc(S(=O)(=O)N2CCC(c3cn4ncnc4cc3Cl)CC2)c1Cl.O=S(=O)(c1cnn2c1CCC2)N1CCC(c2cn3ncnc3cc2Cl)CC1. The Kier molecular flexibility index (Phi) is 9.74. The Balaban J connectivity index is 0.000000151. The number of aromatic nitrogens is 10. The lowest BCUT2D eigenvalue weighted by Crippen LogP contribution is -2.38. The second-order valence-corrected chi connectivity index (χ2v) is 18.3. The largest absolute Gasteiger partial charge is 0.268 e. The summed E-state index contributed by atoms with van der Waals surface area (Å²) in [6.45, 7) is 2.54. The van der Waals surface area contributed by atoms with E-state index in [4.69, 9.17) is 34.8 Å². The third-order valence-electron chi connectivity index (χ3n) is 10.3. The van der Waals surface area contributed by atoms with Crippen molar-refractivity contribution < 1.29 is 16.8 Å². The van der Waals surface area contributed by atoms with Crippen molar-refractivity contribution in [1.82, 2.24) is 57.4 Å². The summed E-state index contributed by atoms with van der Waals surface area (Å²) in [5, 5.41) is 17.9. The van der Waals surface area contributed by atoms with Crippen LogP contribution in [-0.2, 0) is 40.1 Å². The number of hydrogen-bond acceptors (Lipinski definition) is 10. The quantitative estimate of drug-likeness (QED) is 0.234.